The topological polar surface area (TPSA) is 39.4 Å². The fourth-order valence-electron chi connectivity index (χ4n) is 4.34. The largest absolute Gasteiger partial charge is 0.456 e. The number of halogens is 3. The number of ether oxygens (including phenoxy) is 1. The van der Waals surface area contributed by atoms with Gasteiger partial charge < -0.3 is 9.15 Å². The van der Waals surface area contributed by atoms with Crippen LogP contribution in [0.1, 0.15) is 71.4 Å². The van der Waals surface area contributed by atoms with Crippen molar-refractivity contribution in [1.82, 2.24) is 0 Å². The van der Waals surface area contributed by atoms with Gasteiger partial charge in [0.2, 0.25) is 0 Å². The van der Waals surface area contributed by atoms with Crippen LogP contribution in [0, 0.1) is 0 Å². The van der Waals surface area contributed by atoms with Crippen LogP contribution in [0.4, 0.5) is 13.2 Å². The molecule has 7 heteroatoms. The van der Waals surface area contributed by atoms with Crippen molar-refractivity contribution in [2.24, 2.45) is 0 Å². The molecule has 0 fully saturated rings. The number of carbonyl (C=O) groups is 1. The molecule has 0 spiro atoms. The first-order valence-electron chi connectivity index (χ1n) is 12.6. The molecule has 200 valence electrons. The second-order valence-electron chi connectivity index (χ2n) is 10.2. The van der Waals surface area contributed by atoms with Crippen LogP contribution in [0.5, 0.6) is 0 Å². The maximum absolute atomic E-state index is 13.9. The number of alkyl halides is 3. The first-order valence-corrected chi connectivity index (χ1v) is 13.5. The number of fused-ring (bicyclic) bond motifs is 1. The summed E-state index contributed by atoms with van der Waals surface area (Å²) in [4.78, 5) is 12.8. The molecule has 0 saturated heterocycles. The summed E-state index contributed by atoms with van der Waals surface area (Å²) in [5, 5.41) is 0.847. The Morgan fingerprint density at radius 1 is 1.11 bits per heavy atom. The van der Waals surface area contributed by atoms with Crippen molar-refractivity contribution in [3.05, 3.63) is 65.7 Å². The van der Waals surface area contributed by atoms with Crippen LogP contribution < -0.4 is 0 Å². The number of furan rings is 1. The Morgan fingerprint density at radius 3 is 2.49 bits per heavy atom. The molecule has 1 heterocycles. The lowest BCUT2D eigenvalue weighted by Gasteiger charge is -2.28. The second kappa shape index (κ2) is 11.8. The van der Waals surface area contributed by atoms with E-state index < -0.39 is 23.3 Å². The molecule has 0 aliphatic heterocycles. The molecule has 1 unspecified atom stereocenters. The number of rotatable bonds is 11. The predicted octanol–water partition coefficient (Wildman–Crippen LogP) is 9.62. The van der Waals surface area contributed by atoms with Crippen LogP contribution in [0.2, 0.25) is 0 Å². The van der Waals surface area contributed by atoms with Crippen LogP contribution in [0.25, 0.3) is 22.3 Å². The standard InChI is InChI=1S/C30H35F3O3S/c1-7-8-9-10-21-11-14-24(25(15-21)30(31,32)33)27-16-22-12-13-23(17-26(22)35-27)37-20(4)18-29(5,6)36-28(34)19(2)3/h11-17,20H,2,7-10,18H2,1,3-6H3. The SMILES string of the molecule is C=C(C)C(=O)OC(C)(C)CC(C)Sc1ccc2cc(-c3ccc(CCCCC)cc3C(F)(F)F)oc2c1. The lowest BCUT2D eigenvalue weighted by molar-refractivity contribution is -0.151. The highest BCUT2D eigenvalue weighted by molar-refractivity contribution is 8.00. The van der Waals surface area contributed by atoms with Gasteiger partial charge in [-0.2, -0.15) is 13.2 Å². The quantitative estimate of drug-likeness (QED) is 0.107. The molecule has 0 amide bonds. The van der Waals surface area contributed by atoms with Gasteiger partial charge in [-0.05, 0) is 75.9 Å². The van der Waals surface area contributed by atoms with E-state index in [1.807, 2.05) is 39.0 Å². The Balaban J connectivity index is 1.81. The number of esters is 1. The minimum absolute atomic E-state index is 0.0478. The summed E-state index contributed by atoms with van der Waals surface area (Å²) in [6.07, 6.45) is -0.377. The zero-order valence-electron chi connectivity index (χ0n) is 22.1. The lowest BCUT2D eigenvalue weighted by atomic mass is 9.98. The van der Waals surface area contributed by atoms with Crippen LogP contribution in [0.15, 0.2) is 63.9 Å². The molecule has 1 aromatic heterocycles. The normalized spacial score (nSPS) is 13.1. The average molecular weight is 533 g/mol. The van der Waals surface area contributed by atoms with E-state index in [0.717, 1.165) is 29.5 Å². The van der Waals surface area contributed by atoms with Crippen LogP contribution in [0.3, 0.4) is 0 Å². The van der Waals surface area contributed by atoms with Gasteiger partial charge in [0.15, 0.2) is 0 Å². The molecular weight excluding hydrogens is 497 g/mol. The van der Waals surface area contributed by atoms with Gasteiger partial charge in [-0.25, -0.2) is 4.79 Å². The van der Waals surface area contributed by atoms with E-state index in [2.05, 4.69) is 13.5 Å². The number of benzene rings is 2. The van der Waals surface area contributed by atoms with Crippen LogP contribution in [-0.4, -0.2) is 16.8 Å². The Kier molecular flexibility index (Phi) is 9.22. The fraction of sp³-hybridized carbons (Fsp3) is 0.433. The maximum atomic E-state index is 13.9. The van der Waals surface area contributed by atoms with Gasteiger partial charge >= 0.3 is 12.1 Å². The fourth-order valence-corrected chi connectivity index (χ4v) is 5.61. The first-order chi connectivity index (χ1) is 17.3. The molecule has 37 heavy (non-hydrogen) atoms. The monoisotopic (exact) mass is 532 g/mol. The summed E-state index contributed by atoms with van der Waals surface area (Å²) < 4.78 is 53.3. The number of carbonyl (C=O) groups excluding carboxylic acids is 1. The second-order valence-corrected chi connectivity index (χ2v) is 11.7. The zero-order chi connectivity index (χ0) is 27.4. The first kappa shape index (κ1) is 28.9. The molecular formula is C30H35F3O3S. The Labute approximate surface area is 221 Å². The lowest BCUT2D eigenvalue weighted by Crippen LogP contribution is -2.31. The van der Waals surface area contributed by atoms with Crippen LogP contribution >= 0.6 is 11.8 Å². The number of hydrogen-bond donors (Lipinski definition) is 0. The Bertz CT molecular complexity index is 1260. The van der Waals surface area contributed by atoms with Crippen molar-refractivity contribution in [1.29, 1.82) is 0 Å². The van der Waals surface area contributed by atoms with Crippen molar-refractivity contribution in [3.8, 4) is 11.3 Å². The summed E-state index contributed by atoms with van der Waals surface area (Å²) in [5.41, 5.74) is 0.279. The van der Waals surface area contributed by atoms with E-state index in [0.29, 0.717) is 29.6 Å². The summed E-state index contributed by atoms with van der Waals surface area (Å²) in [5.74, 6) is -0.218. The Hall–Kier alpha value is -2.67. The molecule has 0 N–H and O–H groups in total. The average Bonchev–Trinajstić information content (AvgIpc) is 3.21. The third-order valence-electron chi connectivity index (χ3n) is 6.05. The molecule has 3 nitrogen and oxygen atoms in total. The highest BCUT2D eigenvalue weighted by Gasteiger charge is 2.35. The molecule has 0 saturated carbocycles. The molecule has 0 radical (unpaired) electrons. The van der Waals surface area contributed by atoms with E-state index in [1.165, 1.54) is 12.1 Å². The van der Waals surface area contributed by atoms with E-state index in [-0.39, 0.29) is 16.6 Å². The summed E-state index contributed by atoms with van der Waals surface area (Å²) in [6, 6.07) is 11.8. The number of aryl methyl sites for hydroxylation is 1. The van der Waals surface area contributed by atoms with Gasteiger partial charge in [-0.1, -0.05) is 45.4 Å². The summed E-state index contributed by atoms with van der Waals surface area (Å²) >= 11 is 1.59. The summed E-state index contributed by atoms with van der Waals surface area (Å²) in [6.45, 7) is 13.1. The highest BCUT2D eigenvalue weighted by Crippen LogP contribution is 2.40. The number of thioether (sulfide) groups is 1. The Morgan fingerprint density at radius 2 is 1.84 bits per heavy atom. The van der Waals surface area contributed by atoms with Gasteiger partial charge in [0, 0.05) is 26.7 Å². The van der Waals surface area contributed by atoms with Crippen molar-refractivity contribution < 1.29 is 27.1 Å². The minimum atomic E-state index is -4.48. The van der Waals surface area contributed by atoms with Gasteiger partial charge in [-0.3, -0.25) is 0 Å². The smallest absolute Gasteiger partial charge is 0.417 e. The van der Waals surface area contributed by atoms with E-state index in [9.17, 15) is 18.0 Å². The molecule has 0 aliphatic carbocycles. The molecule has 3 rings (SSSR count). The molecule has 2 aromatic carbocycles. The molecule has 3 aromatic rings. The predicted molar refractivity (Wildman–Crippen MR) is 145 cm³/mol. The third-order valence-corrected chi connectivity index (χ3v) is 7.14. The third kappa shape index (κ3) is 7.91. The molecule has 0 aliphatic rings. The van der Waals surface area contributed by atoms with Crippen molar-refractivity contribution in [2.45, 2.75) is 88.6 Å². The van der Waals surface area contributed by atoms with Crippen molar-refractivity contribution in [2.75, 3.05) is 0 Å². The van der Waals surface area contributed by atoms with E-state index in [4.69, 9.17) is 9.15 Å². The minimum Gasteiger partial charge on any atom is -0.456 e. The number of hydrogen-bond acceptors (Lipinski definition) is 4. The van der Waals surface area contributed by atoms with Crippen molar-refractivity contribution >= 4 is 28.7 Å². The van der Waals surface area contributed by atoms with Gasteiger partial charge in [0.25, 0.3) is 0 Å². The molecule has 0 bridgehead atoms. The highest BCUT2D eigenvalue weighted by atomic mass is 32.2. The zero-order valence-corrected chi connectivity index (χ0v) is 22.9. The van der Waals surface area contributed by atoms with Gasteiger partial charge in [-0.15, -0.1) is 11.8 Å². The van der Waals surface area contributed by atoms with Crippen LogP contribution in [-0.2, 0) is 22.1 Å². The summed E-state index contributed by atoms with van der Waals surface area (Å²) in [7, 11) is 0. The van der Waals surface area contributed by atoms with E-state index in [1.54, 1.807) is 30.8 Å². The van der Waals surface area contributed by atoms with Gasteiger partial charge in [0.1, 0.15) is 16.9 Å². The molecule has 1 atom stereocenters. The van der Waals surface area contributed by atoms with Crippen molar-refractivity contribution in [3.63, 3.8) is 0 Å². The van der Waals surface area contributed by atoms with E-state index >= 15 is 0 Å². The number of unbranched alkanes of at least 4 members (excludes halogenated alkanes) is 2. The maximum Gasteiger partial charge on any atom is 0.417 e. The van der Waals surface area contributed by atoms with Gasteiger partial charge in [0.05, 0.1) is 5.56 Å².